The van der Waals surface area contributed by atoms with Gasteiger partial charge in [-0.1, -0.05) is 0 Å². The Kier molecular flexibility index (Phi) is 4.52. The van der Waals surface area contributed by atoms with Crippen molar-refractivity contribution < 1.29 is 9.47 Å². The lowest BCUT2D eigenvalue weighted by molar-refractivity contribution is 0.254. The van der Waals surface area contributed by atoms with E-state index in [1.54, 1.807) is 18.4 Å². The van der Waals surface area contributed by atoms with Gasteiger partial charge in [0.2, 0.25) is 0 Å². The summed E-state index contributed by atoms with van der Waals surface area (Å²) in [6, 6.07) is 8.42. The highest BCUT2D eigenvalue weighted by atomic mass is 79.9. The van der Waals surface area contributed by atoms with Crippen molar-refractivity contribution in [3.05, 3.63) is 44.1 Å². The minimum absolute atomic E-state index is 0.261. The molecule has 0 saturated heterocycles. The number of hydrogen-bond acceptors (Lipinski definition) is 4. The van der Waals surface area contributed by atoms with Crippen LogP contribution in [0.15, 0.2) is 28.1 Å². The van der Waals surface area contributed by atoms with E-state index < -0.39 is 0 Å². The molecule has 3 nitrogen and oxygen atoms in total. The number of ether oxygens (including phenoxy) is 2. The van der Waals surface area contributed by atoms with Gasteiger partial charge in [-0.25, -0.2) is 0 Å². The molecule has 1 atom stereocenters. The number of hydrogen-bond donors (Lipinski definition) is 1. The normalized spacial score (nSPS) is 16.6. The molecule has 1 aliphatic heterocycles. The van der Waals surface area contributed by atoms with Gasteiger partial charge in [-0.2, -0.15) is 0 Å². The summed E-state index contributed by atoms with van der Waals surface area (Å²) in [5.74, 6) is 1.94. The molecule has 2 heterocycles. The van der Waals surface area contributed by atoms with Crippen molar-refractivity contribution in [2.45, 2.75) is 32.5 Å². The highest BCUT2D eigenvalue weighted by Gasteiger charge is 2.21. The number of methoxy groups -OCH3 is 1. The first-order valence-corrected chi connectivity index (χ1v) is 8.58. The van der Waals surface area contributed by atoms with E-state index in [4.69, 9.17) is 9.47 Å². The first kappa shape index (κ1) is 14.9. The summed E-state index contributed by atoms with van der Waals surface area (Å²) in [4.78, 5) is 1.31. The number of rotatable bonds is 5. The molecule has 21 heavy (non-hydrogen) atoms. The Morgan fingerprint density at radius 3 is 2.95 bits per heavy atom. The van der Waals surface area contributed by atoms with Crippen LogP contribution in [0.1, 0.15) is 22.9 Å². The van der Waals surface area contributed by atoms with Crippen LogP contribution in [0.4, 0.5) is 0 Å². The molecule has 0 bridgehead atoms. The minimum atomic E-state index is 0.261. The average molecular weight is 368 g/mol. The maximum atomic E-state index is 5.83. The number of nitrogens with one attached hydrogen (secondary N) is 1. The molecule has 0 saturated carbocycles. The van der Waals surface area contributed by atoms with Crippen LogP contribution in [0.3, 0.4) is 0 Å². The van der Waals surface area contributed by atoms with Crippen molar-refractivity contribution in [1.82, 2.24) is 5.32 Å². The third kappa shape index (κ3) is 3.42. The molecule has 0 fully saturated rings. The lowest BCUT2D eigenvalue weighted by Crippen LogP contribution is -2.12. The summed E-state index contributed by atoms with van der Waals surface area (Å²) in [5, 5.41) is 3.46. The molecule has 3 rings (SSSR count). The highest BCUT2D eigenvalue weighted by Crippen LogP contribution is 2.35. The summed E-state index contributed by atoms with van der Waals surface area (Å²) < 4.78 is 12.5. The van der Waals surface area contributed by atoms with Gasteiger partial charge in [-0.05, 0) is 47.1 Å². The lowest BCUT2D eigenvalue weighted by Gasteiger charge is -2.11. The fraction of sp³-hybridized carbons (Fsp3) is 0.375. The molecule has 1 unspecified atom stereocenters. The van der Waals surface area contributed by atoms with Crippen molar-refractivity contribution in [3.63, 3.8) is 0 Å². The molecule has 1 aromatic carbocycles. The molecule has 1 aromatic heterocycles. The van der Waals surface area contributed by atoms with E-state index in [1.165, 1.54) is 10.4 Å². The average Bonchev–Trinajstić information content (AvgIpc) is 3.02. The van der Waals surface area contributed by atoms with E-state index in [0.29, 0.717) is 0 Å². The van der Waals surface area contributed by atoms with Crippen LogP contribution in [0.5, 0.6) is 11.5 Å². The molecule has 1 N–H and O–H groups in total. The zero-order valence-corrected chi connectivity index (χ0v) is 14.5. The van der Waals surface area contributed by atoms with Crippen LogP contribution in [0, 0.1) is 0 Å². The van der Waals surface area contributed by atoms with Crippen molar-refractivity contribution in [3.8, 4) is 11.5 Å². The lowest BCUT2D eigenvalue weighted by atomic mass is 10.1. The van der Waals surface area contributed by atoms with Crippen molar-refractivity contribution >= 4 is 27.3 Å². The van der Waals surface area contributed by atoms with E-state index in [2.05, 4.69) is 52.4 Å². The maximum absolute atomic E-state index is 5.83. The van der Waals surface area contributed by atoms with Crippen LogP contribution in [-0.2, 0) is 19.5 Å². The Labute approximate surface area is 137 Å². The maximum Gasteiger partial charge on any atom is 0.123 e. The zero-order valence-electron chi connectivity index (χ0n) is 12.1. The molecular weight excluding hydrogens is 350 g/mol. The van der Waals surface area contributed by atoms with Gasteiger partial charge < -0.3 is 14.8 Å². The fourth-order valence-corrected chi connectivity index (χ4v) is 4.03. The highest BCUT2D eigenvalue weighted by molar-refractivity contribution is 9.11. The Balaban J connectivity index is 1.68. The predicted octanol–water partition coefficient (Wildman–Crippen LogP) is 4.13. The SMILES string of the molecule is COc1cc2c(cc1CNCc1ccc(Br)s1)OC(C)C2. The zero-order chi connectivity index (χ0) is 14.8. The molecule has 0 radical (unpaired) electrons. The van der Waals surface area contributed by atoms with Gasteiger partial charge in [-0.3, -0.25) is 0 Å². The molecule has 1 aliphatic rings. The minimum Gasteiger partial charge on any atom is -0.496 e. The van der Waals surface area contributed by atoms with Gasteiger partial charge in [-0.15, -0.1) is 11.3 Å². The largest absolute Gasteiger partial charge is 0.496 e. The first-order valence-electron chi connectivity index (χ1n) is 6.97. The summed E-state index contributed by atoms with van der Waals surface area (Å²) in [6.45, 7) is 3.72. The molecule has 2 aromatic rings. The monoisotopic (exact) mass is 367 g/mol. The molecule has 0 amide bonds. The Bertz CT molecular complexity index is 641. The van der Waals surface area contributed by atoms with Gasteiger partial charge in [0, 0.05) is 35.5 Å². The number of fused-ring (bicyclic) bond motifs is 1. The summed E-state index contributed by atoms with van der Waals surface area (Å²) in [7, 11) is 1.72. The smallest absolute Gasteiger partial charge is 0.123 e. The topological polar surface area (TPSA) is 30.5 Å². The Morgan fingerprint density at radius 2 is 2.24 bits per heavy atom. The summed E-state index contributed by atoms with van der Waals surface area (Å²) in [5.41, 5.74) is 2.38. The Morgan fingerprint density at radius 1 is 1.38 bits per heavy atom. The third-order valence-electron chi connectivity index (χ3n) is 3.54. The predicted molar refractivity (Wildman–Crippen MR) is 89.4 cm³/mol. The number of thiophene rings is 1. The summed E-state index contributed by atoms with van der Waals surface area (Å²) in [6.07, 6.45) is 1.22. The van der Waals surface area contributed by atoms with Crippen molar-refractivity contribution in [2.75, 3.05) is 7.11 Å². The second-order valence-electron chi connectivity index (χ2n) is 5.21. The van der Waals surface area contributed by atoms with Crippen LogP contribution in [0.2, 0.25) is 0 Å². The number of benzene rings is 1. The molecule has 112 valence electrons. The Hall–Kier alpha value is -1.04. The van der Waals surface area contributed by atoms with E-state index in [0.717, 1.165) is 40.4 Å². The van der Waals surface area contributed by atoms with Gasteiger partial charge >= 0.3 is 0 Å². The van der Waals surface area contributed by atoms with Crippen molar-refractivity contribution in [2.24, 2.45) is 0 Å². The second kappa shape index (κ2) is 6.38. The van der Waals surface area contributed by atoms with Gasteiger partial charge in [0.25, 0.3) is 0 Å². The van der Waals surface area contributed by atoms with Gasteiger partial charge in [0.05, 0.1) is 10.9 Å². The van der Waals surface area contributed by atoms with E-state index >= 15 is 0 Å². The van der Waals surface area contributed by atoms with Gasteiger partial charge in [0.1, 0.15) is 17.6 Å². The molecule has 5 heteroatoms. The van der Waals surface area contributed by atoms with Crippen LogP contribution in [-0.4, -0.2) is 13.2 Å². The van der Waals surface area contributed by atoms with Crippen molar-refractivity contribution in [1.29, 1.82) is 0 Å². The van der Waals surface area contributed by atoms with Crippen LogP contribution in [0.25, 0.3) is 0 Å². The van der Waals surface area contributed by atoms with E-state index in [9.17, 15) is 0 Å². The van der Waals surface area contributed by atoms with Crippen LogP contribution < -0.4 is 14.8 Å². The fourth-order valence-electron chi connectivity index (χ4n) is 2.58. The van der Waals surface area contributed by atoms with E-state index in [-0.39, 0.29) is 6.10 Å². The summed E-state index contributed by atoms with van der Waals surface area (Å²) >= 11 is 5.24. The van der Waals surface area contributed by atoms with E-state index in [1.807, 2.05) is 0 Å². The number of halogens is 1. The third-order valence-corrected chi connectivity index (χ3v) is 5.17. The first-order chi connectivity index (χ1) is 10.2. The molecule has 0 aliphatic carbocycles. The quantitative estimate of drug-likeness (QED) is 0.861. The van der Waals surface area contributed by atoms with Gasteiger partial charge in [0.15, 0.2) is 0 Å². The van der Waals surface area contributed by atoms with Crippen LogP contribution >= 0.6 is 27.3 Å². The second-order valence-corrected chi connectivity index (χ2v) is 7.76. The molecule has 0 spiro atoms. The standard InChI is InChI=1S/C16H18BrNO2S/c1-10-5-11-6-14(19-2)12(7-15(11)20-10)8-18-9-13-3-4-16(17)21-13/h3-4,6-7,10,18H,5,8-9H2,1-2H3. The molecular formula is C16H18BrNO2S.